The quantitative estimate of drug-likeness (QED) is 0.587. The SMILES string of the molecule is CCCCNCCN(CC1CC1)C1CC1. The average molecular weight is 210 g/mol. The molecule has 2 nitrogen and oxygen atoms in total. The van der Waals surface area contributed by atoms with Gasteiger partial charge in [-0.1, -0.05) is 13.3 Å². The highest BCUT2D eigenvalue weighted by atomic mass is 15.2. The van der Waals surface area contributed by atoms with Crippen molar-refractivity contribution in [2.24, 2.45) is 5.92 Å². The van der Waals surface area contributed by atoms with Gasteiger partial charge in [0.2, 0.25) is 0 Å². The van der Waals surface area contributed by atoms with Crippen molar-refractivity contribution in [3.8, 4) is 0 Å². The molecule has 2 heteroatoms. The second-order valence-corrected chi connectivity index (χ2v) is 5.27. The number of hydrogen-bond donors (Lipinski definition) is 1. The molecule has 0 aromatic heterocycles. The summed E-state index contributed by atoms with van der Waals surface area (Å²) in [7, 11) is 0. The van der Waals surface area contributed by atoms with Crippen molar-refractivity contribution in [2.75, 3.05) is 26.2 Å². The lowest BCUT2D eigenvalue weighted by molar-refractivity contribution is 0.252. The first-order valence-electron chi connectivity index (χ1n) is 6.85. The number of nitrogens with zero attached hydrogens (tertiary/aromatic N) is 1. The molecule has 0 unspecified atom stereocenters. The van der Waals surface area contributed by atoms with E-state index in [0.29, 0.717) is 0 Å². The Kier molecular flexibility index (Phi) is 4.45. The Morgan fingerprint density at radius 3 is 2.53 bits per heavy atom. The lowest BCUT2D eigenvalue weighted by Crippen LogP contribution is -2.35. The number of hydrogen-bond acceptors (Lipinski definition) is 2. The highest BCUT2D eigenvalue weighted by molar-refractivity contribution is 4.88. The molecule has 0 aromatic carbocycles. The van der Waals surface area contributed by atoms with Crippen molar-refractivity contribution in [3.63, 3.8) is 0 Å². The summed E-state index contributed by atoms with van der Waals surface area (Å²) in [6, 6.07) is 0.957. The zero-order valence-corrected chi connectivity index (χ0v) is 10.2. The molecule has 1 N–H and O–H groups in total. The molecule has 2 aliphatic rings. The van der Waals surface area contributed by atoms with E-state index >= 15 is 0 Å². The van der Waals surface area contributed by atoms with Crippen molar-refractivity contribution in [3.05, 3.63) is 0 Å². The molecule has 0 saturated heterocycles. The fraction of sp³-hybridized carbons (Fsp3) is 1.00. The number of nitrogens with one attached hydrogen (secondary N) is 1. The highest BCUT2D eigenvalue weighted by Gasteiger charge is 2.32. The van der Waals surface area contributed by atoms with Gasteiger partial charge in [0, 0.05) is 25.7 Å². The van der Waals surface area contributed by atoms with E-state index in [2.05, 4.69) is 17.1 Å². The van der Waals surface area contributed by atoms with Gasteiger partial charge in [0.05, 0.1) is 0 Å². The van der Waals surface area contributed by atoms with Crippen LogP contribution in [0.3, 0.4) is 0 Å². The lowest BCUT2D eigenvalue weighted by atomic mass is 10.3. The van der Waals surface area contributed by atoms with Gasteiger partial charge < -0.3 is 5.32 Å². The first-order valence-corrected chi connectivity index (χ1v) is 6.85. The molecule has 2 rings (SSSR count). The molecular weight excluding hydrogens is 184 g/mol. The van der Waals surface area contributed by atoms with Gasteiger partial charge in [0.15, 0.2) is 0 Å². The maximum absolute atomic E-state index is 3.55. The molecule has 0 atom stereocenters. The van der Waals surface area contributed by atoms with Gasteiger partial charge in [0.25, 0.3) is 0 Å². The third-order valence-corrected chi connectivity index (χ3v) is 3.54. The molecule has 15 heavy (non-hydrogen) atoms. The van der Waals surface area contributed by atoms with Gasteiger partial charge >= 0.3 is 0 Å². The molecule has 2 fully saturated rings. The van der Waals surface area contributed by atoms with E-state index in [4.69, 9.17) is 0 Å². The highest BCUT2D eigenvalue weighted by Crippen LogP contribution is 2.34. The van der Waals surface area contributed by atoms with Crippen molar-refractivity contribution < 1.29 is 0 Å². The molecule has 0 aliphatic heterocycles. The maximum atomic E-state index is 3.55. The molecule has 0 amide bonds. The Morgan fingerprint density at radius 1 is 1.13 bits per heavy atom. The van der Waals surface area contributed by atoms with Crippen molar-refractivity contribution in [1.29, 1.82) is 0 Å². The third-order valence-electron chi connectivity index (χ3n) is 3.54. The normalized spacial score (nSPS) is 21.2. The first kappa shape index (κ1) is 11.4. The third kappa shape index (κ3) is 4.52. The topological polar surface area (TPSA) is 15.3 Å². The van der Waals surface area contributed by atoms with E-state index in [1.165, 1.54) is 64.7 Å². The molecule has 0 aromatic rings. The molecule has 2 saturated carbocycles. The van der Waals surface area contributed by atoms with E-state index in [1.807, 2.05) is 0 Å². The fourth-order valence-corrected chi connectivity index (χ4v) is 2.14. The monoisotopic (exact) mass is 210 g/mol. The Labute approximate surface area is 94.4 Å². The minimum absolute atomic E-state index is 0.957. The van der Waals surface area contributed by atoms with Gasteiger partial charge in [-0.2, -0.15) is 0 Å². The summed E-state index contributed by atoms with van der Waals surface area (Å²) in [5.74, 6) is 1.06. The summed E-state index contributed by atoms with van der Waals surface area (Å²) >= 11 is 0. The van der Waals surface area contributed by atoms with E-state index in [0.717, 1.165) is 12.0 Å². The summed E-state index contributed by atoms with van der Waals surface area (Å²) < 4.78 is 0. The number of rotatable bonds is 9. The Bertz CT molecular complexity index is 173. The van der Waals surface area contributed by atoms with Crippen LogP contribution in [0.5, 0.6) is 0 Å². The molecule has 0 heterocycles. The van der Waals surface area contributed by atoms with Crippen LogP contribution < -0.4 is 5.32 Å². The molecule has 0 radical (unpaired) electrons. The van der Waals surface area contributed by atoms with Crippen LogP contribution in [0, 0.1) is 5.92 Å². The smallest absolute Gasteiger partial charge is 0.0110 e. The van der Waals surface area contributed by atoms with Gasteiger partial charge in [-0.25, -0.2) is 0 Å². The van der Waals surface area contributed by atoms with Gasteiger partial charge in [-0.05, 0) is 44.6 Å². The summed E-state index contributed by atoms with van der Waals surface area (Å²) in [5.41, 5.74) is 0. The van der Waals surface area contributed by atoms with Crippen LogP contribution in [0.1, 0.15) is 45.4 Å². The van der Waals surface area contributed by atoms with E-state index in [-0.39, 0.29) is 0 Å². The minimum Gasteiger partial charge on any atom is -0.315 e. The second kappa shape index (κ2) is 5.86. The van der Waals surface area contributed by atoms with Crippen molar-refractivity contribution >= 4 is 0 Å². The van der Waals surface area contributed by atoms with Gasteiger partial charge in [-0.3, -0.25) is 4.90 Å². The lowest BCUT2D eigenvalue weighted by Gasteiger charge is -2.21. The van der Waals surface area contributed by atoms with E-state index < -0.39 is 0 Å². The Balaban J connectivity index is 1.53. The fourth-order valence-electron chi connectivity index (χ4n) is 2.14. The molecule has 0 bridgehead atoms. The second-order valence-electron chi connectivity index (χ2n) is 5.27. The number of unbranched alkanes of at least 4 members (excludes halogenated alkanes) is 1. The standard InChI is InChI=1S/C13H26N2/c1-2-3-8-14-9-10-15(13-6-7-13)11-12-4-5-12/h12-14H,2-11H2,1H3. The van der Waals surface area contributed by atoms with Gasteiger partial charge in [0.1, 0.15) is 0 Å². The predicted octanol–water partition coefficient (Wildman–Crippen LogP) is 2.25. The van der Waals surface area contributed by atoms with Crippen LogP contribution >= 0.6 is 0 Å². The zero-order valence-electron chi connectivity index (χ0n) is 10.2. The molecular formula is C13H26N2. The largest absolute Gasteiger partial charge is 0.315 e. The van der Waals surface area contributed by atoms with Crippen LogP contribution in [0.4, 0.5) is 0 Å². The van der Waals surface area contributed by atoms with Crippen LogP contribution in [0.2, 0.25) is 0 Å². The maximum Gasteiger partial charge on any atom is 0.0110 e. The van der Waals surface area contributed by atoms with Crippen molar-refractivity contribution in [1.82, 2.24) is 10.2 Å². The molecule has 0 spiro atoms. The minimum atomic E-state index is 0.957. The Morgan fingerprint density at radius 2 is 1.93 bits per heavy atom. The van der Waals surface area contributed by atoms with Crippen molar-refractivity contribution in [2.45, 2.75) is 51.5 Å². The summed E-state index contributed by atoms with van der Waals surface area (Å²) in [4.78, 5) is 2.73. The van der Waals surface area contributed by atoms with Crippen LogP contribution in [0.15, 0.2) is 0 Å². The first-order chi connectivity index (χ1) is 7.40. The summed E-state index contributed by atoms with van der Waals surface area (Å²) in [5, 5.41) is 3.55. The van der Waals surface area contributed by atoms with Crippen LogP contribution in [-0.2, 0) is 0 Å². The average Bonchev–Trinajstić information content (AvgIpc) is 3.08. The molecule has 2 aliphatic carbocycles. The molecule has 88 valence electrons. The van der Waals surface area contributed by atoms with Crippen LogP contribution in [0.25, 0.3) is 0 Å². The summed E-state index contributed by atoms with van der Waals surface area (Å²) in [6.45, 7) is 7.33. The van der Waals surface area contributed by atoms with E-state index in [9.17, 15) is 0 Å². The predicted molar refractivity (Wildman–Crippen MR) is 65.1 cm³/mol. The zero-order chi connectivity index (χ0) is 10.5. The Hall–Kier alpha value is -0.0800. The summed E-state index contributed by atoms with van der Waals surface area (Å²) in [6.07, 6.45) is 8.54. The van der Waals surface area contributed by atoms with E-state index in [1.54, 1.807) is 0 Å². The van der Waals surface area contributed by atoms with Gasteiger partial charge in [-0.15, -0.1) is 0 Å². The van der Waals surface area contributed by atoms with Crippen LogP contribution in [-0.4, -0.2) is 37.1 Å².